The van der Waals surface area contributed by atoms with E-state index in [0.29, 0.717) is 42.2 Å². The van der Waals surface area contributed by atoms with Gasteiger partial charge in [-0.1, -0.05) is 29.3 Å². The van der Waals surface area contributed by atoms with E-state index in [1.807, 2.05) is 6.07 Å². The molecule has 1 aliphatic rings. The SMILES string of the molecule is CN=C(NCCS(=O)(=O)N1CCSCC1)NCc1ccc(Cl)cc1Cl. The standard InChI is InChI=1S/C15H22Cl2N4O2S2/c1-18-15(20-11-12-2-3-13(16)10-14(12)17)19-4-9-25(22,23)21-5-7-24-8-6-21/h2-3,10H,4-9,11H2,1H3,(H2,18,19,20). The molecule has 0 aromatic heterocycles. The molecule has 1 aromatic rings. The number of thioether (sulfide) groups is 1. The summed E-state index contributed by atoms with van der Waals surface area (Å²) in [7, 11) is -1.59. The molecule has 25 heavy (non-hydrogen) atoms. The van der Waals surface area contributed by atoms with E-state index in [1.165, 1.54) is 0 Å². The molecule has 2 rings (SSSR count). The van der Waals surface area contributed by atoms with Crippen molar-refractivity contribution in [3.63, 3.8) is 0 Å². The Morgan fingerprint density at radius 1 is 1.28 bits per heavy atom. The monoisotopic (exact) mass is 424 g/mol. The fourth-order valence-corrected chi connectivity index (χ4v) is 5.28. The molecule has 0 aliphatic carbocycles. The van der Waals surface area contributed by atoms with E-state index in [0.717, 1.165) is 17.1 Å². The highest BCUT2D eigenvalue weighted by molar-refractivity contribution is 7.99. The van der Waals surface area contributed by atoms with Gasteiger partial charge < -0.3 is 10.6 Å². The molecule has 0 amide bonds. The van der Waals surface area contributed by atoms with Gasteiger partial charge in [-0.2, -0.15) is 11.8 Å². The van der Waals surface area contributed by atoms with Crippen LogP contribution < -0.4 is 10.6 Å². The predicted octanol–water partition coefficient (Wildman–Crippen LogP) is 2.04. The van der Waals surface area contributed by atoms with Crippen molar-refractivity contribution < 1.29 is 8.42 Å². The summed E-state index contributed by atoms with van der Waals surface area (Å²) >= 11 is 13.8. The van der Waals surface area contributed by atoms with Crippen LogP contribution in [-0.2, 0) is 16.6 Å². The van der Waals surface area contributed by atoms with Gasteiger partial charge in [0.05, 0.1) is 5.75 Å². The Morgan fingerprint density at radius 2 is 2.00 bits per heavy atom. The minimum absolute atomic E-state index is 0.0417. The lowest BCUT2D eigenvalue weighted by atomic mass is 10.2. The van der Waals surface area contributed by atoms with Gasteiger partial charge in [0.1, 0.15) is 0 Å². The van der Waals surface area contributed by atoms with E-state index in [1.54, 1.807) is 35.2 Å². The van der Waals surface area contributed by atoms with E-state index >= 15 is 0 Å². The number of nitrogens with one attached hydrogen (secondary N) is 2. The number of benzene rings is 1. The lowest BCUT2D eigenvalue weighted by Crippen LogP contribution is -2.44. The first-order valence-corrected chi connectivity index (χ1v) is 11.4. The third-order valence-electron chi connectivity index (χ3n) is 3.70. The maximum Gasteiger partial charge on any atom is 0.215 e. The van der Waals surface area contributed by atoms with Crippen LogP contribution in [0.25, 0.3) is 0 Å². The predicted molar refractivity (Wildman–Crippen MR) is 107 cm³/mol. The van der Waals surface area contributed by atoms with E-state index in [9.17, 15) is 8.42 Å². The number of hydrogen-bond donors (Lipinski definition) is 2. The second kappa shape index (κ2) is 9.87. The summed E-state index contributed by atoms with van der Waals surface area (Å²) in [5.74, 6) is 2.28. The highest BCUT2D eigenvalue weighted by Gasteiger charge is 2.23. The second-order valence-corrected chi connectivity index (χ2v) is 9.57. The first-order chi connectivity index (χ1) is 11.9. The van der Waals surface area contributed by atoms with Crippen LogP contribution in [0.3, 0.4) is 0 Å². The fourth-order valence-electron chi connectivity index (χ4n) is 2.32. The summed E-state index contributed by atoms with van der Waals surface area (Å²) in [6.07, 6.45) is 0. The van der Waals surface area contributed by atoms with Crippen LogP contribution in [0.15, 0.2) is 23.2 Å². The number of guanidine groups is 1. The molecule has 6 nitrogen and oxygen atoms in total. The highest BCUT2D eigenvalue weighted by Crippen LogP contribution is 2.20. The molecule has 0 bridgehead atoms. The average molecular weight is 425 g/mol. The quantitative estimate of drug-likeness (QED) is 0.539. The molecule has 140 valence electrons. The van der Waals surface area contributed by atoms with Crippen molar-refractivity contribution in [1.29, 1.82) is 0 Å². The molecular weight excluding hydrogens is 403 g/mol. The van der Waals surface area contributed by atoms with Gasteiger partial charge in [-0.25, -0.2) is 12.7 Å². The molecule has 1 heterocycles. The molecule has 0 radical (unpaired) electrons. The van der Waals surface area contributed by atoms with Crippen LogP contribution in [0.2, 0.25) is 10.0 Å². The first-order valence-electron chi connectivity index (χ1n) is 7.86. The van der Waals surface area contributed by atoms with Gasteiger partial charge in [-0.05, 0) is 17.7 Å². The number of aliphatic imine (C=N–C) groups is 1. The summed E-state index contributed by atoms with van der Waals surface area (Å²) in [4.78, 5) is 4.10. The van der Waals surface area contributed by atoms with Crippen molar-refractivity contribution in [3.8, 4) is 0 Å². The Hall–Kier alpha value is -0.670. The topological polar surface area (TPSA) is 73.8 Å². The van der Waals surface area contributed by atoms with Gasteiger partial charge >= 0.3 is 0 Å². The largest absolute Gasteiger partial charge is 0.355 e. The molecular formula is C15H22Cl2N4O2S2. The summed E-state index contributed by atoms with van der Waals surface area (Å²) in [6, 6.07) is 5.29. The van der Waals surface area contributed by atoms with Crippen molar-refractivity contribution >= 4 is 50.9 Å². The third-order valence-corrected chi connectivity index (χ3v) is 7.10. The number of rotatable bonds is 6. The fraction of sp³-hybridized carbons (Fsp3) is 0.533. The van der Waals surface area contributed by atoms with Crippen LogP contribution in [0.1, 0.15) is 5.56 Å². The van der Waals surface area contributed by atoms with Gasteiger partial charge in [-0.3, -0.25) is 4.99 Å². The van der Waals surface area contributed by atoms with Gasteiger partial charge in [0.15, 0.2) is 5.96 Å². The van der Waals surface area contributed by atoms with Crippen LogP contribution in [0, 0.1) is 0 Å². The lowest BCUT2D eigenvalue weighted by Gasteiger charge is -2.25. The molecule has 0 unspecified atom stereocenters. The molecule has 1 saturated heterocycles. The van der Waals surface area contributed by atoms with Crippen LogP contribution >= 0.6 is 35.0 Å². The minimum Gasteiger partial charge on any atom is -0.355 e. The number of hydrogen-bond acceptors (Lipinski definition) is 4. The van der Waals surface area contributed by atoms with Crippen molar-refractivity contribution in [2.45, 2.75) is 6.54 Å². The van der Waals surface area contributed by atoms with Crippen molar-refractivity contribution in [3.05, 3.63) is 33.8 Å². The lowest BCUT2D eigenvalue weighted by molar-refractivity contribution is 0.443. The first kappa shape index (κ1) is 20.6. The van der Waals surface area contributed by atoms with Crippen LogP contribution in [0.5, 0.6) is 0 Å². The van der Waals surface area contributed by atoms with Gasteiger partial charge in [0, 0.05) is 54.8 Å². The molecule has 0 atom stereocenters. The summed E-state index contributed by atoms with van der Waals surface area (Å²) < 4.78 is 26.2. The van der Waals surface area contributed by atoms with Crippen molar-refractivity contribution in [2.75, 3.05) is 43.9 Å². The van der Waals surface area contributed by atoms with E-state index < -0.39 is 10.0 Å². The zero-order valence-electron chi connectivity index (χ0n) is 14.0. The zero-order valence-corrected chi connectivity index (χ0v) is 17.1. The van der Waals surface area contributed by atoms with E-state index in [-0.39, 0.29) is 5.75 Å². The Bertz CT molecular complexity index is 707. The summed E-state index contributed by atoms with van der Waals surface area (Å²) in [5.41, 5.74) is 0.882. The van der Waals surface area contributed by atoms with E-state index in [2.05, 4.69) is 15.6 Å². The van der Waals surface area contributed by atoms with Gasteiger partial charge in [0.2, 0.25) is 10.0 Å². The minimum atomic E-state index is -3.23. The normalized spacial score (nSPS) is 16.7. The molecule has 1 aromatic carbocycles. The van der Waals surface area contributed by atoms with Crippen LogP contribution in [0.4, 0.5) is 0 Å². The Labute approximate surface area is 163 Å². The smallest absolute Gasteiger partial charge is 0.215 e. The summed E-state index contributed by atoms with van der Waals surface area (Å²) in [5, 5.41) is 7.29. The zero-order chi connectivity index (χ0) is 18.3. The molecule has 2 N–H and O–H groups in total. The number of nitrogens with zero attached hydrogens (tertiary/aromatic N) is 2. The van der Waals surface area contributed by atoms with Crippen molar-refractivity contribution in [2.24, 2.45) is 4.99 Å². The Balaban J connectivity index is 1.80. The molecule has 10 heteroatoms. The number of sulfonamides is 1. The Morgan fingerprint density at radius 3 is 2.64 bits per heavy atom. The summed E-state index contributed by atoms with van der Waals surface area (Å²) in [6.45, 7) is 1.94. The van der Waals surface area contributed by atoms with Gasteiger partial charge in [0.25, 0.3) is 0 Å². The Kier molecular flexibility index (Phi) is 8.15. The number of halogens is 2. The second-order valence-electron chi connectivity index (χ2n) is 5.42. The third kappa shape index (κ3) is 6.53. The van der Waals surface area contributed by atoms with Gasteiger partial charge in [-0.15, -0.1) is 0 Å². The maximum absolute atomic E-state index is 12.3. The average Bonchev–Trinajstić information content (AvgIpc) is 2.60. The molecule has 1 aliphatic heterocycles. The van der Waals surface area contributed by atoms with Crippen LogP contribution in [-0.4, -0.2) is 62.6 Å². The molecule has 0 saturated carbocycles. The maximum atomic E-state index is 12.3. The van der Waals surface area contributed by atoms with Crippen molar-refractivity contribution in [1.82, 2.24) is 14.9 Å². The highest BCUT2D eigenvalue weighted by atomic mass is 35.5. The molecule has 1 fully saturated rings. The van der Waals surface area contributed by atoms with E-state index in [4.69, 9.17) is 23.2 Å². The molecule has 0 spiro atoms.